The maximum Gasteiger partial charge on any atom is 0.330 e. The molecule has 0 saturated carbocycles. The Kier molecular flexibility index (Phi) is 5.45. The molecule has 1 N–H and O–H groups in total. The fraction of sp³-hybridized carbons (Fsp3) is 0.400. The van der Waals surface area contributed by atoms with Gasteiger partial charge in [-0.1, -0.05) is 25.2 Å². The predicted octanol–water partition coefficient (Wildman–Crippen LogP) is 0.786. The lowest BCUT2D eigenvalue weighted by atomic mass is 10.1. The second-order valence-corrected chi connectivity index (χ2v) is 6.83. The molecule has 0 fully saturated rings. The molecular formula is C15H19N5O3S. The SMILES string of the molecule is CC(C)Cc1nnc(NC(=O)/C=C/c2cn(C)c(=O)n(C)c2=O)s1. The van der Waals surface area contributed by atoms with Crippen molar-refractivity contribution in [2.45, 2.75) is 20.3 Å². The Balaban J connectivity index is 2.10. The molecule has 0 atom stereocenters. The third-order valence-corrected chi connectivity index (χ3v) is 4.03. The molecule has 0 spiro atoms. The first-order chi connectivity index (χ1) is 11.3. The van der Waals surface area contributed by atoms with Crippen LogP contribution in [0.15, 0.2) is 21.9 Å². The van der Waals surface area contributed by atoms with E-state index in [1.54, 1.807) is 0 Å². The zero-order chi connectivity index (χ0) is 17.9. The second-order valence-electron chi connectivity index (χ2n) is 5.76. The Morgan fingerprint density at radius 2 is 2.04 bits per heavy atom. The number of carbonyl (C=O) groups excluding carboxylic acids is 1. The van der Waals surface area contributed by atoms with Crippen molar-refractivity contribution in [1.29, 1.82) is 0 Å². The summed E-state index contributed by atoms with van der Waals surface area (Å²) in [4.78, 5) is 35.5. The van der Waals surface area contributed by atoms with E-state index in [0.717, 1.165) is 16.0 Å². The van der Waals surface area contributed by atoms with E-state index >= 15 is 0 Å². The van der Waals surface area contributed by atoms with Crippen molar-refractivity contribution in [3.05, 3.63) is 43.7 Å². The number of aromatic nitrogens is 4. The fourth-order valence-electron chi connectivity index (χ4n) is 2.00. The number of anilines is 1. The predicted molar refractivity (Wildman–Crippen MR) is 93.0 cm³/mol. The summed E-state index contributed by atoms with van der Waals surface area (Å²) in [7, 11) is 2.93. The molecule has 0 radical (unpaired) electrons. The van der Waals surface area contributed by atoms with Crippen molar-refractivity contribution in [2.75, 3.05) is 5.32 Å². The van der Waals surface area contributed by atoms with Gasteiger partial charge in [-0.3, -0.25) is 19.5 Å². The molecule has 0 aliphatic rings. The van der Waals surface area contributed by atoms with Crippen molar-refractivity contribution >= 4 is 28.5 Å². The van der Waals surface area contributed by atoms with E-state index in [4.69, 9.17) is 0 Å². The summed E-state index contributed by atoms with van der Waals surface area (Å²) < 4.78 is 2.27. The Morgan fingerprint density at radius 1 is 1.33 bits per heavy atom. The zero-order valence-corrected chi connectivity index (χ0v) is 14.8. The van der Waals surface area contributed by atoms with E-state index in [1.807, 2.05) is 0 Å². The summed E-state index contributed by atoms with van der Waals surface area (Å²) in [5.74, 6) is 0.0421. The minimum Gasteiger partial charge on any atom is -0.303 e. The number of amides is 1. The van der Waals surface area contributed by atoms with Gasteiger partial charge in [-0.2, -0.15) is 0 Å². The summed E-state index contributed by atoms with van der Waals surface area (Å²) in [6, 6.07) is 0. The lowest BCUT2D eigenvalue weighted by Crippen LogP contribution is -2.37. The minimum absolute atomic E-state index is 0.243. The van der Waals surface area contributed by atoms with Crippen molar-refractivity contribution in [2.24, 2.45) is 20.0 Å². The molecule has 128 valence electrons. The number of nitrogens with one attached hydrogen (secondary N) is 1. The highest BCUT2D eigenvalue weighted by molar-refractivity contribution is 7.15. The number of rotatable bonds is 5. The molecule has 24 heavy (non-hydrogen) atoms. The van der Waals surface area contributed by atoms with Gasteiger partial charge >= 0.3 is 5.69 Å². The highest BCUT2D eigenvalue weighted by Gasteiger charge is 2.08. The van der Waals surface area contributed by atoms with Crippen molar-refractivity contribution in [3.63, 3.8) is 0 Å². The molecule has 0 saturated heterocycles. The molecule has 2 aromatic rings. The van der Waals surface area contributed by atoms with Gasteiger partial charge in [0.25, 0.3) is 5.56 Å². The molecule has 0 aliphatic heterocycles. The highest BCUT2D eigenvalue weighted by Crippen LogP contribution is 2.18. The van der Waals surface area contributed by atoms with E-state index in [2.05, 4.69) is 29.4 Å². The lowest BCUT2D eigenvalue weighted by Gasteiger charge is -2.03. The number of aryl methyl sites for hydroxylation is 1. The van der Waals surface area contributed by atoms with Crippen LogP contribution in [0.5, 0.6) is 0 Å². The summed E-state index contributed by atoms with van der Waals surface area (Å²) >= 11 is 1.32. The quantitative estimate of drug-likeness (QED) is 0.805. The first-order valence-electron chi connectivity index (χ1n) is 7.36. The van der Waals surface area contributed by atoms with Crippen LogP contribution in [0.2, 0.25) is 0 Å². The summed E-state index contributed by atoms with van der Waals surface area (Å²) in [5.41, 5.74) is -0.641. The van der Waals surface area contributed by atoms with E-state index in [-0.39, 0.29) is 5.56 Å². The number of hydrogen-bond donors (Lipinski definition) is 1. The van der Waals surface area contributed by atoms with E-state index in [0.29, 0.717) is 11.0 Å². The standard InChI is InChI=1S/C15H19N5O3S/c1-9(2)7-12-17-18-14(24-12)16-11(21)6-5-10-8-19(3)15(23)20(4)13(10)22/h5-6,8-9H,7H2,1-4H3,(H,16,18,21)/b6-5+. The second kappa shape index (κ2) is 7.35. The van der Waals surface area contributed by atoms with Gasteiger partial charge in [0.15, 0.2) is 0 Å². The summed E-state index contributed by atoms with van der Waals surface area (Å²) in [6.07, 6.45) is 4.79. The van der Waals surface area contributed by atoms with Crippen LogP contribution < -0.4 is 16.6 Å². The Morgan fingerprint density at radius 3 is 2.71 bits per heavy atom. The Hall–Kier alpha value is -2.55. The molecular weight excluding hydrogens is 330 g/mol. The molecule has 1 amide bonds. The van der Waals surface area contributed by atoms with Crippen LogP contribution in [0.1, 0.15) is 24.4 Å². The van der Waals surface area contributed by atoms with Crippen LogP contribution >= 0.6 is 11.3 Å². The maximum atomic E-state index is 12.0. The highest BCUT2D eigenvalue weighted by atomic mass is 32.1. The normalized spacial score (nSPS) is 11.4. The average Bonchev–Trinajstić information content (AvgIpc) is 2.93. The Bertz CT molecular complexity index is 891. The van der Waals surface area contributed by atoms with Gasteiger partial charge < -0.3 is 4.57 Å². The third-order valence-electron chi connectivity index (χ3n) is 3.17. The molecule has 0 aromatic carbocycles. The van der Waals surface area contributed by atoms with Gasteiger partial charge in [0.2, 0.25) is 11.0 Å². The molecule has 9 heteroatoms. The van der Waals surface area contributed by atoms with E-state index in [1.165, 1.54) is 48.3 Å². The van der Waals surface area contributed by atoms with Gasteiger partial charge in [0.1, 0.15) is 5.01 Å². The van der Waals surface area contributed by atoms with Crippen LogP contribution in [0.3, 0.4) is 0 Å². The van der Waals surface area contributed by atoms with Crippen molar-refractivity contribution in [3.8, 4) is 0 Å². The van der Waals surface area contributed by atoms with Crippen LogP contribution in [-0.4, -0.2) is 25.2 Å². The van der Waals surface area contributed by atoms with Gasteiger partial charge in [-0.05, 0) is 12.0 Å². The zero-order valence-electron chi connectivity index (χ0n) is 13.9. The minimum atomic E-state index is -0.461. The summed E-state index contributed by atoms with van der Waals surface area (Å²) in [6.45, 7) is 4.16. The Labute approximate surface area is 142 Å². The monoisotopic (exact) mass is 349 g/mol. The first-order valence-corrected chi connectivity index (χ1v) is 8.17. The number of nitrogens with zero attached hydrogens (tertiary/aromatic N) is 4. The van der Waals surface area contributed by atoms with E-state index in [9.17, 15) is 14.4 Å². The van der Waals surface area contributed by atoms with Gasteiger partial charge in [0.05, 0.1) is 5.56 Å². The average molecular weight is 349 g/mol. The molecule has 0 unspecified atom stereocenters. The maximum absolute atomic E-state index is 12.0. The van der Waals surface area contributed by atoms with Gasteiger partial charge in [-0.15, -0.1) is 10.2 Å². The fourth-order valence-corrected chi connectivity index (χ4v) is 2.95. The van der Waals surface area contributed by atoms with E-state index < -0.39 is 17.2 Å². The molecule has 0 bridgehead atoms. The topological polar surface area (TPSA) is 98.9 Å². The van der Waals surface area contributed by atoms with Crippen LogP contribution in [0.4, 0.5) is 5.13 Å². The molecule has 2 aromatic heterocycles. The molecule has 2 heterocycles. The molecule has 2 rings (SSSR count). The lowest BCUT2D eigenvalue weighted by molar-refractivity contribution is -0.111. The van der Waals surface area contributed by atoms with Gasteiger partial charge in [-0.25, -0.2) is 4.79 Å². The van der Waals surface area contributed by atoms with Crippen LogP contribution in [0.25, 0.3) is 6.08 Å². The van der Waals surface area contributed by atoms with Crippen LogP contribution in [-0.2, 0) is 25.3 Å². The first kappa shape index (κ1) is 17.8. The van der Waals surface area contributed by atoms with Crippen LogP contribution in [0, 0.1) is 5.92 Å². The van der Waals surface area contributed by atoms with Crippen molar-refractivity contribution in [1.82, 2.24) is 19.3 Å². The molecule has 0 aliphatic carbocycles. The smallest absolute Gasteiger partial charge is 0.303 e. The summed E-state index contributed by atoms with van der Waals surface area (Å²) in [5, 5.41) is 11.8. The number of hydrogen-bond acceptors (Lipinski definition) is 6. The third kappa shape index (κ3) is 4.25. The molecule has 8 nitrogen and oxygen atoms in total. The largest absolute Gasteiger partial charge is 0.330 e. The van der Waals surface area contributed by atoms with Gasteiger partial charge in [0, 0.05) is 32.8 Å². The van der Waals surface area contributed by atoms with Crippen molar-refractivity contribution < 1.29 is 4.79 Å². The number of carbonyl (C=O) groups is 1.